The summed E-state index contributed by atoms with van der Waals surface area (Å²) in [5.41, 5.74) is -3.73. The number of hydrogen-bond acceptors (Lipinski definition) is 1. The van der Waals surface area contributed by atoms with E-state index in [-0.39, 0.29) is 6.61 Å². The van der Waals surface area contributed by atoms with Crippen molar-refractivity contribution in [3.8, 4) is 0 Å². The second-order valence-corrected chi connectivity index (χ2v) is 2.76. The van der Waals surface area contributed by atoms with Crippen molar-refractivity contribution < 1.29 is 26.7 Å². The Bertz CT molecular complexity index is 164. The maximum Gasteiger partial charge on any atom is 0.425 e. The molecule has 0 aliphatic carbocycles. The van der Waals surface area contributed by atoms with Crippen molar-refractivity contribution in [3.63, 3.8) is 0 Å². The van der Waals surface area contributed by atoms with Gasteiger partial charge >= 0.3 is 6.18 Å². The Labute approximate surface area is 65.5 Å². The molecule has 1 saturated heterocycles. The highest BCUT2D eigenvalue weighted by Gasteiger charge is 2.58. The van der Waals surface area contributed by atoms with E-state index in [1.807, 2.05) is 0 Å². The number of ether oxygens (including phenoxy) is 1. The monoisotopic (exact) mass is 190 g/mol. The summed E-state index contributed by atoms with van der Waals surface area (Å²) in [7, 11) is 0. The number of hydrogen-bond donors (Lipinski definition) is 0. The van der Waals surface area contributed by atoms with Gasteiger partial charge in [-0.15, -0.1) is 0 Å². The van der Waals surface area contributed by atoms with Gasteiger partial charge in [0.25, 0.3) is 0 Å². The Morgan fingerprint density at radius 3 is 2.00 bits per heavy atom. The van der Waals surface area contributed by atoms with E-state index in [4.69, 9.17) is 0 Å². The molecule has 2 unspecified atom stereocenters. The summed E-state index contributed by atoms with van der Waals surface area (Å²) < 4.78 is 64.4. The molecule has 0 aromatic carbocycles. The van der Waals surface area contributed by atoms with Crippen LogP contribution in [0.2, 0.25) is 0 Å². The van der Waals surface area contributed by atoms with E-state index in [1.165, 1.54) is 0 Å². The van der Waals surface area contributed by atoms with Crippen LogP contribution in [0, 0.1) is 0 Å². The second-order valence-electron chi connectivity index (χ2n) is 2.76. The first kappa shape index (κ1) is 9.70. The Hall–Kier alpha value is -0.390. The van der Waals surface area contributed by atoms with E-state index < -0.39 is 31.0 Å². The fourth-order valence-corrected chi connectivity index (χ4v) is 0.793. The van der Waals surface area contributed by atoms with Crippen molar-refractivity contribution in [2.45, 2.75) is 24.4 Å². The van der Waals surface area contributed by atoms with Gasteiger partial charge in [0.05, 0.1) is 12.7 Å². The summed E-state index contributed by atoms with van der Waals surface area (Å²) in [4.78, 5) is 0. The second kappa shape index (κ2) is 2.83. The van der Waals surface area contributed by atoms with Crippen LogP contribution in [0.25, 0.3) is 0 Å². The molecule has 0 radical (unpaired) electrons. The molecular formula is C6H7F5O. The molecule has 0 bridgehead atoms. The molecule has 0 aromatic heterocycles. The smallest absolute Gasteiger partial charge is 0.373 e. The molecule has 0 saturated carbocycles. The third-order valence-electron chi connectivity index (χ3n) is 1.67. The molecule has 2 atom stereocenters. The lowest BCUT2D eigenvalue weighted by Crippen LogP contribution is -2.44. The van der Waals surface area contributed by atoms with Crippen LogP contribution in [0.15, 0.2) is 0 Å². The minimum atomic E-state index is -5.15. The van der Waals surface area contributed by atoms with Gasteiger partial charge in [-0.25, -0.2) is 8.78 Å². The quantitative estimate of drug-likeness (QED) is 0.490. The van der Waals surface area contributed by atoms with Crippen molar-refractivity contribution in [2.24, 2.45) is 0 Å². The highest BCUT2D eigenvalue weighted by Crippen LogP contribution is 2.40. The van der Waals surface area contributed by atoms with Gasteiger partial charge < -0.3 is 4.74 Å². The zero-order valence-corrected chi connectivity index (χ0v) is 6.00. The lowest BCUT2D eigenvalue weighted by atomic mass is 10.0. The van der Waals surface area contributed by atoms with Crippen LogP contribution in [0.1, 0.15) is 6.42 Å². The summed E-state index contributed by atoms with van der Waals surface area (Å²) in [5.74, 6) is 0. The summed E-state index contributed by atoms with van der Waals surface area (Å²) in [6, 6.07) is 0. The van der Waals surface area contributed by atoms with E-state index in [2.05, 4.69) is 4.74 Å². The summed E-state index contributed by atoms with van der Waals surface area (Å²) in [6.07, 6.45) is -6.85. The van der Waals surface area contributed by atoms with Crippen LogP contribution < -0.4 is 0 Å². The van der Waals surface area contributed by atoms with Crippen LogP contribution in [-0.4, -0.2) is 31.2 Å². The van der Waals surface area contributed by atoms with E-state index in [1.54, 1.807) is 0 Å². The van der Waals surface area contributed by atoms with Gasteiger partial charge in [0.2, 0.25) is 5.67 Å². The van der Waals surface area contributed by atoms with Crippen molar-refractivity contribution in [3.05, 3.63) is 0 Å². The lowest BCUT2D eigenvalue weighted by molar-refractivity contribution is -0.238. The Morgan fingerprint density at radius 2 is 1.75 bits per heavy atom. The predicted molar refractivity (Wildman–Crippen MR) is 30.2 cm³/mol. The van der Waals surface area contributed by atoms with Crippen LogP contribution in [-0.2, 0) is 4.74 Å². The first-order chi connectivity index (χ1) is 5.39. The predicted octanol–water partition coefficient (Wildman–Crippen LogP) is 2.02. The maximum absolute atomic E-state index is 12.7. The van der Waals surface area contributed by atoms with Crippen molar-refractivity contribution >= 4 is 0 Å². The molecule has 72 valence electrons. The van der Waals surface area contributed by atoms with Crippen LogP contribution in [0.4, 0.5) is 22.0 Å². The third kappa shape index (κ3) is 1.85. The molecule has 1 aliphatic rings. The third-order valence-corrected chi connectivity index (χ3v) is 1.67. The first-order valence-electron chi connectivity index (χ1n) is 3.32. The number of rotatable bonds is 3. The lowest BCUT2D eigenvalue weighted by Gasteiger charge is -2.23. The topological polar surface area (TPSA) is 12.5 Å². The molecule has 0 spiro atoms. The average molecular weight is 190 g/mol. The van der Waals surface area contributed by atoms with Crippen LogP contribution >= 0.6 is 0 Å². The van der Waals surface area contributed by atoms with Crippen LogP contribution in [0.3, 0.4) is 0 Å². The fourth-order valence-electron chi connectivity index (χ4n) is 0.793. The Kier molecular flexibility index (Phi) is 2.29. The molecule has 1 aliphatic heterocycles. The molecule has 0 N–H and O–H groups in total. The normalized spacial score (nSPS) is 28.2. The summed E-state index contributed by atoms with van der Waals surface area (Å²) in [6.45, 7) is -1.96. The maximum atomic E-state index is 12.7. The Balaban J connectivity index is 2.59. The highest BCUT2D eigenvalue weighted by atomic mass is 19.4. The minimum Gasteiger partial charge on any atom is -0.373 e. The molecule has 6 heteroatoms. The number of alkyl halides is 5. The van der Waals surface area contributed by atoms with Crippen molar-refractivity contribution in [1.82, 2.24) is 0 Å². The van der Waals surface area contributed by atoms with Crippen molar-refractivity contribution in [1.29, 1.82) is 0 Å². The SMILES string of the molecule is FCC(F)(CC1CO1)C(F)(F)F. The molecule has 0 amide bonds. The van der Waals surface area contributed by atoms with E-state index in [0.29, 0.717) is 0 Å². The molecule has 1 nitrogen and oxygen atoms in total. The standard InChI is InChI=1S/C6H7F5O/c7-3-5(8,6(9,10)11)1-4-2-12-4/h4H,1-3H2. The molecule has 0 aromatic rings. The molecule has 1 heterocycles. The molecular weight excluding hydrogens is 183 g/mol. The van der Waals surface area contributed by atoms with Gasteiger partial charge in [-0.1, -0.05) is 0 Å². The molecule has 12 heavy (non-hydrogen) atoms. The van der Waals surface area contributed by atoms with E-state index in [0.717, 1.165) is 0 Å². The average Bonchev–Trinajstić information content (AvgIpc) is 2.69. The highest BCUT2D eigenvalue weighted by molar-refractivity contribution is 4.92. The van der Waals surface area contributed by atoms with Gasteiger partial charge in [0.1, 0.15) is 6.67 Å². The van der Waals surface area contributed by atoms with Crippen molar-refractivity contribution in [2.75, 3.05) is 13.3 Å². The first-order valence-corrected chi connectivity index (χ1v) is 3.32. The fraction of sp³-hybridized carbons (Fsp3) is 1.00. The number of epoxide rings is 1. The van der Waals surface area contributed by atoms with Gasteiger partial charge in [-0.3, -0.25) is 0 Å². The van der Waals surface area contributed by atoms with Gasteiger partial charge in [-0.2, -0.15) is 13.2 Å². The van der Waals surface area contributed by atoms with Gasteiger partial charge in [0, 0.05) is 6.42 Å². The van der Waals surface area contributed by atoms with Gasteiger partial charge in [0.15, 0.2) is 0 Å². The van der Waals surface area contributed by atoms with E-state index in [9.17, 15) is 22.0 Å². The largest absolute Gasteiger partial charge is 0.425 e. The molecule has 1 rings (SSSR count). The van der Waals surface area contributed by atoms with E-state index >= 15 is 0 Å². The summed E-state index contributed by atoms with van der Waals surface area (Å²) in [5, 5.41) is 0. The molecule has 1 fully saturated rings. The van der Waals surface area contributed by atoms with Crippen LogP contribution in [0.5, 0.6) is 0 Å². The number of halogens is 5. The Morgan fingerprint density at radius 1 is 1.25 bits per heavy atom. The zero-order chi connectivity index (χ0) is 9.41. The summed E-state index contributed by atoms with van der Waals surface area (Å²) >= 11 is 0. The minimum absolute atomic E-state index is 0.0851. The zero-order valence-electron chi connectivity index (χ0n) is 6.00. The van der Waals surface area contributed by atoms with Gasteiger partial charge in [-0.05, 0) is 0 Å².